The fourth-order valence-corrected chi connectivity index (χ4v) is 10.7. The molecule has 6 aromatic carbocycles. The number of rotatable bonds is 1. The molecule has 0 saturated carbocycles. The van der Waals surface area contributed by atoms with Gasteiger partial charge in [-0.3, -0.25) is 0 Å². The summed E-state index contributed by atoms with van der Waals surface area (Å²) in [6.45, 7) is 0. The SMILES string of the molecule is C1=C2c3c(cccc3C(n3c4ccccc4c4c5sc6ccccc6c5ccc43)C1)-c1ccc3c(sc4ccccc43)c12. The Morgan fingerprint density at radius 2 is 1.19 bits per heavy atom. The third kappa shape index (κ3) is 2.78. The summed E-state index contributed by atoms with van der Waals surface area (Å²) in [5.41, 5.74) is 11.2. The van der Waals surface area contributed by atoms with Crippen LogP contribution < -0.4 is 0 Å². The summed E-state index contributed by atoms with van der Waals surface area (Å²) in [7, 11) is 0. The number of hydrogen-bond donors (Lipinski definition) is 0. The number of allylic oxidation sites excluding steroid dienone is 1. The van der Waals surface area contributed by atoms with Crippen molar-refractivity contribution in [2.45, 2.75) is 12.5 Å². The van der Waals surface area contributed by atoms with E-state index in [1.807, 2.05) is 22.7 Å². The summed E-state index contributed by atoms with van der Waals surface area (Å²) < 4.78 is 8.20. The van der Waals surface area contributed by atoms with Gasteiger partial charge in [0, 0.05) is 62.2 Å². The van der Waals surface area contributed by atoms with E-state index in [9.17, 15) is 0 Å². The second-order valence-corrected chi connectivity index (χ2v) is 14.0. The Kier molecular flexibility index (Phi) is 4.26. The van der Waals surface area contributed by atoms with E-state index >= 15 is 0 Å². The van der Waals surface area contributed by atoms with Crippen molar-refractivity contribution in [3.05, 3.63) is 138 Å². The lowest BCUT2D eigenvalue weighted by Crippen LogP contribution is -2.14. The number of fused-ring (bicyclic) bond motifs is 14. The van der Waals surface area contributed by atoms with Crippen LogP contribution in [0.15, 0.2) is 121 Å². The molecule has 9 aromatic rings. The van der Waals surface area contributed by atoms with Crippen LogP contribution in [0.2, 0.25) is 0 Å². The van der Waals surface area contributed by atoms with Gasteiger partial charge in [0.05, 0.1) is 11.6 Å². The monoisotopic (exact) mass is 581 g/mol. The molecule has 2 aliphatic carbocycles. The molecule has 3 heteroatoms. The molecule has 0 bridgehead atoms. The van der Waals surface area contributed by atoms with E-state index in [-0.39, 0.29) is 6.04 Å². The normalized spacial score (nSPS) is 15.7. The van der Waals surface area contributed by atoms with Crippen LogP contribution >= 0.6 is 22.7 Å². The Morgan fingerprint density at radius 3 is 2.02 bits per heavy atom. The Bertz CT molecular complexity index is 2710. The van der Waals surface area contributed by atoms with Crippen LogP contribution in [0.5, 0.6) is 0 Å². The summed E-state index contributed by atoms with van der Waals surface area (Å²) in [4.78, 5) is 0. The average Bonchev–Trinajstić information content (AvgIpc) is 3.80. The van der Waals surface area contributed by atoms with Crippen LogP contribution in [0.25, 0.3) is 78.9 Å². The summed E-state index contributed by atoms with van der Waals surface area (Å²) in [5.74, 6) is 0. The minimum Gasteiger partial charge on any atom is -0.332 e. The molecule has 0 radical (unpaired) electrons. The van der Waals surface area contributed by atoms with Crippen LogP contribution in [0.3, 0.4) is 0 Å². The molecule has 0 N–H and O–H groups in total. The van der Waals surface area contributed by atoms with Crippen LogP contribution in [-0.2, 0) is 0 Å². The van der Waals surface area contributed by atoms with Crippen molar-refractivity contribution in [3.8, 4) is 11.1 Å². The van der Waals surface area contributed by atoms with Crippen LogP contribution in [0, 0.1) is 0 Å². The van der Waals surface area contributed by atoms with Crippen molar-refractivity contribution in [2.75, 3.05) is 0 Å². The quantitative estimate of drug-likeness (QED) is 0.182. The Morgan fingerprint density at radius 1 is 0.512 bits per heavy atom. The van der Waals surface area contributed by atoms with Gasteiger partial charge in [0.1, 0.15) is 0 Å². The molecule has 0 spiro atoms. The Hall–Kier alpha value is -4.70. The third-order valence-electron chi connectivity index (χ3n) is 9.91. The fraction of sp³-hybridized carbons (Fsp3) is 0.0500. The molecular weight excluding hydrogens is 559 g/mol. The lowest BCUT2D eigenvalue weighted by molar-refractivity contribution is 0.624. The van der Waals surface area contributed by atoms with Gasteiger partial charge < -0.3 is 4.57 Å². The summed E-state index contributed by atoms with van der Waals surface area (Å²) >= 11 is 3.88. The highest BCUT2D eigenvalue weighted by molar-refractivity contribution is 7.27. The molecule has 11 rings (SSSR count). The number of nitrogens with zero attached hydrogens (tertiary/aromatic N) is 1. The molecular formula is C40H23NS2. The number of thiophene rings is 2. The van der Waals surface area contributed by atoms with Crippen molar-refractivity contribution in [1.29, 1.82) is 0 Å². The highest BCUT2D eigenvalue weighted by atomic mass is 32.1. The van der Waals surface area contributed by atoms with E-state index in [1.54, 1.807) is 0 Å². The zero-order valence-corrected chi connectivity index (χ0v) is 24.7. The predicted octanol–water partition coefficient (Wildman–Crippen LogP) is 11.9. The molecule has 3 heterocycles. The molecule has 3 aromatic heterocycles. The molecule has 1 atom stereocenters. The first-order valence-corrected chi connectivity index (χ1v) is 16.6. The van der Waals surface area contributed by atoms with E-state index in [0.29, 0.717) is 0 Å². The predicted molar refractivity (Wildman–Crippen MR) is 187 cm³/mol. The fourth-order valence-electron chi connectivity index (χ4n) is 8.18. The molecule has 0 amide bonds. The van der Waals surface area contributed by atoms with Gasteiger partial charge in [-0.05, 0) is 58.5 Å². The lowest BCUT2D eigenvalue weighted by atomic mass is 9.86. The van der Waals surface area contributed by atoms with E-state index in [2.05, 4.69) is 126 Å². The number of benzene rings is 6. The molecule has 43 heavy (non-hydrogen) atoms. The second-order valence-electron chi connectivity index (χ2n) is 11.9. The maximum absolute atomic E-state index is 2.65. The zero-order valence-electron chi connectivity index (χ0n) is 23.1. The number of hydrogen-bond acceptors (Lipinski definition) is 2. The first-order valence-electron chi connectivity index (χ1n) is 15.0. The van der Waals surface area contributed by atoms with Gasteiger partial charge in [-0.15, -0.1) is 22.7 Å². The van der Waals surface area contributed by atoms with Gasteiger partial charge >= 0.3 is 0 Å². The summed E-state index contributed by atoms with van der Waals surface area (Å²) in [5, 5.41) is 8.22. The third-order valence-corrected chi connectivity index (χ3v) is 12.3. The Labute approximate surface area is 255 Å². The van der Waals surface area contributed by atoms with Gasteiger partial charge in [0.2, 0.25) is 0 Å². The smallest absolute Gasteiger partial charge is 0.0633 e. The molecule has 1 unspecified atom stereocenters. The van der Waals surface area contributed by atoms with Gasteiger partial charge in [0.15, 0.2) is 0 Å². The maximum Gasteiger partial charge on any atom is 0.0633 e. The highest BCUT2D eigenvalue weighted by Gasteiger charge is 2.35. The zero-order chi connectivity index (χ0) is 27.8. The molecule has 0 fully saturated rings. The van der Waals surface area contributed by atoms with Crippen LogP contribution in [0.1, 0.15) is 29.2 Å². The molecule has 0 saturated heterocycles. The highest BCUT2D eigenvalue weighted by Crippen LogP contribution is 2.55. The van der Waals surface area contributed by atoms with Crippen LogP contribution in [-0.4, -0.2) is 4.57 Å². The standard InChI is InChI=1S/C40H23NS2/c1-4-13-31-29(10-1)38-33(21-18-27-23-9-3-6-15-35(23)43-40(27)38)41(31)32-20-19-30-36-24(11-7-12-28(32)36)25-16-17-26-22-8-2-5-14-34(22)42-39(26)37(25)30/h1-19,21,32H,20H2. The van der Waals surface area contributed by atoms with Crippen molar-refractivity contribution in [2.24, 2.45) is 0 Å². The largest absolute Gasteiger partial charge is 0.332 e. The first-order chi connectivity index (χ1) is 21.3. The van der Waals surface area contributed by atoms with Crippen molar-refractivity contribution in [3.63, 3.8) is 0 Å². The van der Waals surface area contributed by atoms with Gasteiger partial charge in [-0.2, -0.15) is 0 Å². The topological polar surface area (TPSA) is 4.93 Å². The molecule has 200 valence electrons. The van der Waals surface area contributed by atoms with Crippen molar-refractivity contribution >= 4 is 90.4 Å². The molecule has 0 aliphatic heterocycles. The van der Waals surface area contributed by atoms with Crippen LogP contribution in [0.4, 0.5) is 0 Å². The first kappa shape index (κ1) is 22.8. The van der Waals surface area contributed by atoms with Crippen molar-refractivity contribution in [1.82, 2.24) is 4.57 Å². The minimum atomic E-state index is 0.236. The summed E-state index contributed by atoms with van der Waals surface area (Å²) in [6, 6.07) is 43.5. The van der Waals surface area contributed by atoms with Gasteiger partial charge in [0.25, 0.3) is 0 Å². The van der Waals surface area contributed by atoms with E-state index in [4.69, 9.17) is 0 Å². The number of para-hydroxylation sites is 1. The average molecular weight is 582 g/mol. The molecule has 2 aliphatic rings. The van der Waals surface area contributed by atoms with E-state index < -0.39 is 0 Å². The summed E-state index contributed by atoms with van der Waals surface area (Å²) in [6.07, 6.45) is 3.52. The number of aromatic nitrogens is 1. The minimum absolute atomic E-state index is 0.236. The van der Waals surface area contributed by atoms with E-state index in [0.717, 1.165) is 6.42 Å². The second kappa shape index (κ2) is 8.02. The Balaban J connectivity index is 1.19. The van der Waals surface area contributed by atoms with Crippen molar-refractivity contribution < 1.29 is 0 Å². The van der Waals surface area contributed by atoms with E-state index in [1.165, 1.54) is 95.5 Å². The lowest BCUT2D eigenvalue weighted by Gasteiger charge is -2.27. The molecule has 1 nitrogen and oxygen atoms in total. The maximum atomic E-state index is 2.65. The van der Waals surface area contributed by atoms with Gasteiger partial charge in [-0.1, -0.05) is 97.1 Å². The van der Waals surface area contributed by atoms with Gasteiger partial charge in [-0.25, -0.2) is 0 Å².